The lowest BCUT2D eigenvalue weighted by Gasteiger charge is -2.19. The van der Waals surface area contributed by atoms with Gasteiger partial charge in [-0.25, -0.2) is 4.57 Å². The Morgan fingerprint density at radius 1 is 0.760 bits per heavy atom. The van der Waals surface area contributed by atoms with E-state index in [1.54, 1.807) is 0 Å². The summed E-state index contributed by atoms with van der Waals surface area (Å²) < 4.78 is 3.69. The van der Waals surface area contributed by atoms with Gasteiger partial charge in [-0.2, -0.15) is 0 Å². The Balaban J connectivity index is 1.98. The van der Waals surface area contributed by atoms with Gasteiger partial charge in [-0.15, -0.1) is 22.7 Å². The highest BCUT2D eigenvalue weighted by atomic mass is 32.2. The summed E-state index contributed by atoms with van der Waals surface area (Å²) in [6.07, 6.45) is 0. The molecular formula is C17H13NO3S4. The molecule has 25 heavy (non-hydrogen) atoms. The van der Waals surface area contributed by atoms with Crippen LogP contribution in [-0.4, -0.2) is 4.57 Å². The van der Waals surface area contributed by atoms with E-state index < -0.39 is 0 Å². The lowest BCUT2D eigenvalue weighted by molar-refractivity contribution is 0.590. The van der Waals surface area contributed by atoms with Crippen LogP contribution < -0.4 is 15.2 Å². The second-order valence-corrected chi connectivity index (χ2v) is 11.4. The number of nitrogens with zero attached hydrogens (tertiary/aromatic N) is 1. The fourth-order valence-corrected chi connectivity index (χ4v) is 7.83. The maximum Gasteiger partial charge on any atom is 0.290 e. The second-order valence-electron chi connectivity index (χ2n) is 6.63. The summed E-state index contributed by atoms with van der Waals surface area (Å²) in [6, 6.07) is 7.54. The van der Waals surface area contributed by atoms with Gasteiger partial charge in [0.05, 0.1) is 5.69 Å². The minimum Gasteiger partial charge on any atom is -0.267 e. The molecule has 0 amide bonds. The van der Waals surface area contributed by atoms with E-state index in [1.807, 2.05) is 24.3 Å². The number of benzene rings is 1. The third-order valence-corrected chi connectivity index (χ3v) is 9.10. The van der Waals surface area contributed by atoms with E-state index in [9.17, 15) is 14.4 Å². The van der Waals surface area contributed by atoms with E-state index >= 15 is 0 Å². The van der Waals surface area contributed by atoms with Crippen LogP contribution in [0, 0.1) is 9.06 Å². The SMILES string of the molecule is CC(C)(C)c1ccc(-n2c(=O)c3sc4sc(=O)sc4sc=3c2=O)cc1. The molecule has 1 aromatic heterocycles. The quantitative estimate of drug-likeness (QED) is 0.480. The molecule has 0 saturated heterocycles. The molecule has 0 saturated carbocycles. The van der Waals surface area contributed by atoms with Crippen LogP contribution >= 0.6 is 45.3 Å². The first-order valence-electron chi connectivity index (χ1n) is 7.49. The van der Waals surface area contributed by atoms with Gasteiger partial charge in [0.2, 0.25) is 0 Å². The highest BCUT2D eigenvalue weighted by molar-refractivity contribution is 7.52. The van der Waals surface area contributed by atoms with Crippen molar-refractivity contribution in [2.45, 2.75) is 26.2 Å². The molecule has 3 heterocycles. The molecule has 0 fully saturated rings. The summed E-state index contributed by atoms with van der Waals surface area (Å²) in [5.41, 5.74) is 1.11. The van der Waals surface area contributed by atoms with Crippen molar-refractivity contribution >= 4 is 53.4 Å². The minimum atomic E-state index is -0.308. The van der Waals surface area contributed by atoms with E-state index in [0.717, 1.165) is 36.3 Å². The molecular weight excluding hydrogens is 394 g/mol. The normalized spacial score (nSPS) is 12.3. The predicted molar refractivity (Wildman–Crippen MR) is 108 cm³/mol. The molecule has 4 rings (SSSR count). The Bertz CT molecular complexity index is 1260. The zero-order chi connectivity index (χ0) is 17.9. The molecule has 4 nitrogen and oxygen atoms in total. The molecule has 1 aromatic carbocycles. The molecule has 0 N–H and O–H groups in total. The van der Waals surface area contributed by atoms with E-state index in [0.29, 0.717) is 14.8 Å². The first kappa shape index (κ1) is 16.8. The highest BCUT2D eigenvalue weighted by Gasteiger charge is 2.17. The smallest absolute Gasteiger partial charge is 0.267 e. The summed E-state index contributed by atoms with van der Waals surface area (Å²) in [5, 5.41) is 0. The van der Waals surface area contributed by atoms with Gasteiger partial charge in [0.25, 0.3) is 15.2 Å². The predicted octanol–water partition coefficient (Wildman–Crippen LogP) is 3.98. The Labute approximate surface area is 157 Å². The van der Waals surface area contributed by atoms with Crippen LogP contribution in [0.2, 0.25) is 0 Å². The fourth-order valence-electron chi connectivity index (χ4n) is 2.58. The first-order chi connectivity index (χ1) is 11.8. The molecule has 128 valence electrons. The van der Waals surface area contributed by atoms with Gasteiger partial charge >= 0.3 is 0 Å². The minimum absolute atomic E-state index is 0.00641. The largest absolute Gasteiger partial charge is 0.290 e. The maximum atomic E-state index is 12.8. The van der Waals surface area contributed by atoms with Crippen LogP contribution in [-0.2, 0) is 5.41 Å². The van der Waals surface area contributed by atoms with E-state index in [2.05, 4.69) is 20.8 Å². The van der Waals surface area contributed by atoms with Gasteiger partial charge in [0.1, 0.15) is 17.1 Å². The fraction of sp³-hybridized carbons (Fsp3) is 0.235. The first-order valence-corrected chi connectivity index (χ1v) is 10.8. The number of rotatable bonds is 1. The average molecular weight is 408 g/mol. The van der Waals surface area contributed by atoms with Crippen molar-refractivity contribution in [1.29, 1.82) is 0 Å². The molecule has 0 radical (unpaired) electrons. The Morgan fingerprint density at radius 3 is 1.68 bits per heavy atom. The molecule has 2 aromatic rings. The summed E-state index contributed by atoms with van der Waals surface area (Å²) >= 11 is 4.75. The second kappa shape index (κ2) is 5.70. The third-order valence-electron chi connectivity index (χ3n) is 3.90. The Morgan fingerprint density at radius 2 is 1.24 bits per heavy atom. The van der Waals surface area contributed by atoms with Gasteiger partial charge in [-0.3, -0.25) is 14.4 Å². The number of hydrogen-bond acceptors (Lipinski definition) is 7. The van der Waals surface area contributed by atoms with Crippen molar-refractivity contribution < 1.29 is 0 Å². The molecule has 2 aliphatic rings. The van der Waals surface area contributed by atoms with E-state index in [-0.39, 0.29) is 20.6 Å². The van der Waals surface area contributed by atoms with Crippen LogP contribution in [0.4, 0.5) is 0 Å². The van der Waals surface area contributed by atoms with Gasteiger partial charge in [-0.1, -0.05) is 55.6 Å². The standard InChI is InChI=1S/C17H13NO3S4/c1-17(2,3)8-4-6-9(7-5-8)18-12(19)10-11(13(18)20)23-15-14(22-10)24-16(21)25-15/h4-7H,1-3H3. The zero-order valence-corrected chi connectivity index (χ0v) is 16.9. The lowest BCUT2D eigenvalue weighted by Crippen LogP contribution is -2.24. The Hall–Kier alpha value is -1.61. The third kappa shape index (κ3) is 2.73. The molecule has 0 atom stereocenters. The van der Waals surface area contributed by atoms with Gasteiger partial charge < -0.3 is 0 Å². The van der Waals surface area contributed by atoms with Crippen molar-refractivity contribution in [3.05, 3.63) is 68.5 Å². The molecule has 0 spiro atoms. The topological polar surface area (TPSA) is 56.1 Å². The molecule has 8 heteroatoms. The van der Waals surface area contributed by atoms with E-state index in [1.165, 1.54) is 27.2 Å². The van der Waals surface area contributed by atoms with Gasteiger partial charge in [0.15, 0.2) is 0 Å². The number of hydrogen-bond donors (Lipinski definition) is 0. The van der Waals surface area contributed by atoms with Crippen molar-refractivity contribution in [2.75, 3.05) is 0 Å². The molecule has 0 bridgehead atoms. The number of aromatic nitrogens is 1. The molecule has 0 aliphatic carbocycles. The van der Waals surface area contributed by atoms with E-state index in [4.69, 9.17) is 0 Å². The van der Waals surface area contributed by atoms with Crippen molar-refractivity contribution in [2.24, 2.45) is 0 Å². The van der Waals surface area contributed by atoms with Crippen LogP contribution in [0.5, 0.6) is 0 Å². The molecule has 2 aliphatic heterocycles. The van der Waals surface area contributed by atoms with Crippen LogP contribution in [0.15, 0.2) is 38.6 Å². The summed E-state index contributed by atoms with van der Waals surface area (Å²) in [4.78, 5) is 37.1. The van der Waals surface area contributed by atoms with Crippen LogP contribution in [0.3, 0.4) is 0 Å². The summed E-state index contributed by atoms with van der Waals surface area (Å²) in [7, 11) is 0. The lowest BCUT2D eigenvalue weighted by atomic mass is 9.87. The van der Waals surface area contributed by atoms with Crippen molar-refractivity contribution in [3.8, 4) is 5.69 Å². The zero-order valence-electron chi connectivity index (χ0n) is 13.6. The van der Waals surface area contributed by atoms with Crippen molar-refractivity contribution in [1.82, 2.24) is 4.57 Å². The molecule has 0 unspecified atom stereocenters. The summed E-state index contributed by atoms with van der Waals surface area (Å²) in [5.74, 6) is 0. The monoisotopic (exact) mass is 407 g/mol. The average Bonchev–Trinajstić information content (AvgIpc) is 3.02. The maximum absolute atomic E-state index is 12.8. The van der Waals surface area contributed by atoms with Crippen LogP contribution in [0.1, 0.15) is 26.3 Å². The Kier molecular flexibility index (Phi) is 3.84. The highest BCUT2D eigenvalue weighted by Crippen LogP contribution is 2.29. The summed E-state index contributed by atoms with van der Waals surface area (Å²) in [6.45, 7) is 6.35. The van der Waals surface area contributed by atoms with Gasteiger partial charge in [-0.05, 0) is 23.1 Å². The van der Waals surface area contributed by atoms with Crippen LogP contribution in [0.25, 0.3) is 13.7 Å². The van der Waals surface area contributed by atoms with Gasteiger partial charge in [0, 0.05) is 0 Å². The number of fused-ring (bicyclic) bond motifs is 1. The van der Waals surface area contributed by atoms with Crippen molar-refractivity contribution in [3.63, 3.8) is 0 Å².